The predicted molar refractivity (Wildman–Crippen MR) is 185 cm³/mol. The Morgan fingerprint density at radius 3 is 2.41 bits per heavy atom. The summed E-state index contributed by atoms with van der Waals surface area (Å²) in [7, 11) is 3.23. The number of amides is 3. The van der Waals surface area contributed by atoms with E-state index in [0.29, 0.717) is 71.2 Å². The molecule has 0 saturated carbocycles. The lowest BCUT2D eigenvalue weighted by Gasteiger charge is -2.44. The Kier molecular flexibility index (Phi) is 9.78. The summed E-state index contributed by atoms with van der Waals surface area (Å²) in [5, 5.41) is 17.4. The fourth-order valence-electron chi connectivity index (χ4n) is 8.35. The summed E-state index contributed by atoms with van der Waals surface area (Å²) < 4.78 is 7.20. The first-order chi connectivity index (χ1) is 23.7. The van der Waals surface area contributed by atoms with Crippen LogP contribution >= 0.6 is 11.6 Å². The van der Waals surface area contributed by atoms with Crippen molar-refractivity contribution < 1.29 is 19.1 Å². The summed E-state index contributed by atoms with van der Waals surface area (Å²) >= 11 is 6.80. The van der Waals surface area contributed by atoms with Crippen molar-refractivity contribution in [3.05, 3.63) is 45.5 Å². The molecule has 3 atom stereocenters. The van der Waals surface area contributed by atoms with E-state index in [1.54, 1.807) is 32.6 Å². The minimum Gasteiger partial charge on any atom is -0.496 e. The number of benzene rings is 1. The number of aromatic amines is 1. The van der Waals surface area contributed by atoms with Gasteiger partial charge in [0.25, 0.3) is 11.5 Å². The first kappa shape index (κ1) is 33.7. The average molecular weight is 693 g/mol. The monoisotopic (exact) mass is 692 g/mol. The highest BCUT2D eigenvalue weighted by Gasteiger charge is 2.36. The largest absolute Gasteiger partial charge is 0.496 e. The number of ether oxygens (including phenoxy) is 1. The van der Waals surface area contributed by atoms with Gasteiger partial charge in [0, 0.05) is 56.3 Å². The molecule has 3 aromatic rings. The summed E-state index contributed by atoms with van der Waals surface area (Å²) in [6.07, 6.45) is 11.0. The number of carbonyl (C=O) groups is 3. The molecule has 13 nitrogen and oxygen atoms in total. The summed E-state index contributed by atoms with van der Waals surface area (Å²) in [4.78, 5) is 54.4. The molecular weight excluding hydrogens is 648 g/mol. The Morgan fingerprint density at radius 1 is 1.00 bits per heavy atom. The standard InChI is InChI=1S/C35H45ClN8O5/c1-42-19-25(24-18-38-41-32(24)35(42)48)22-15-26(36)31(28(16-22)49-2)34(47)44-13-9-21(10-14-44)20-7-11-43(12-8-20)29-5-3-23(17-37-29)39-27-4-6-30(45)40-33(27)46/h15-16,18-21,23,27,29,37,39H,3-14,17H2,1-2H3,(H,38,41)(H,40,45,46). The van der Waals surface area contributed by atoms with Crippen LogP contribution in [0, 0.1) is 11.8 Å². The highest BCUT2D eigenvalue weighted by atomic mass is 35.5. The number of hydrogen-bond donors (Lipinski definition) is 4. The molecule has 0 spiro atoms. The third-order valence-corrected chi connectivity index (χ3v) is 11.5. The number of rotatable bonds is 7. The van der Waals surface area contributed by atoms with Gasteiger partial charge in [0.1, 0.15) is 16.8 Å². The molecule has 0 bridgehead atoms. The molecule has 4 saturated heterocycles. The molecular formula is C35H45ClN8O5. The number of H-pyrrole nitrogens is 1. The van der Waals surface area contributed by atoms with E-state index in [0.717, 1.165) is 69.3 Å². The van der Waals surface area contributed by atoms with Gasteiger partial charge < -0.3 is 24.8 Å². The second-order valence-corrected chi connectivity index (χ2v) is 14.4. The van der Waals surface area contributed by atoms with Gasteiger partial charge in [0.15, 0.2) is 0 Å². The minimum absolute atomic E-state index is 0.121. The van der Waals surface area contributed by atoms with Crippen molar-refractivity contribution in [1.82, 2.24) is 40.5 Å². The molecule has 14 heteroatoms. The molecule has 4 aliphatic heterocycles. The number of methoxy groups -OCH3 is 1. The number of nitrogens with zero attached hydrogens (tertiary/aromatic N) is 4. The van der Waals surface area contributed by atoms with Crippen molar-refractivity contribution in [2.45, 2.75) is 69.6 Å². The minimum atomic E-state index is -0.286. The van der Waals surface area contributed by atoms with E-state index in [2.05, 4.69) is 31.0 Å². The second-order valence-electron chi connectivity index (χ2n) is 14.0. The lowest BCUT2D eigenvalue weighted by atomic mass is 9.78. The Labute approximate surface area is 290 Å². The van der Waals surface area contributed by atoms with Gasteiger partial charge in [-0.2, -0.15) is 5.10 Å². The molecule has 3 unspecified atom stereocenters. The number of aryl methyl sites for hydroxylation is 1. The van der Waals surface area contributed by atoms with E-state index in [-0.39, 0.29) is 35.4 Å². The van der Waals surface area contributed by atoms with Crippen molar-refractivity contribution in [2.24, 2.45) is 18.9 Å². The maximum Gasteiger partial charge on any atom is 0.276 e. The maximum atomic E-state index is 13.8. The quantitative estimate of drug-likeness (QED) is 0.274. The zero-order chi connectivity index (χ0) is 34.2. The third-order valence-electron chi connectivity index (χ3n) is 11.2. The van der Waals surface area contributed by atoms with Gasteiger partial charge >= 0.3 is 0 Å². The van der Waals surface area contributed by atoms with E-state index in [9.17, 15) is 19.2 Å². The second kappa shape index (κ2) is 14.2. The van der Waals surface area contributed by atoms with Gasteiger partial charge in [-0.3, -0.25) is 34.5 Å². The highest BCUT2D eigenvalue weighted by Crippen LogP contribution is 2.38. The van der Waals surface area contributed by atoms with Crippen LogP contribution in [0.15, 0.2) is 29.3 Å². The van der Waals surface area contributed by atoms with Crippen LogP contribution in [0.5, 0.6) is 5.75 Å². The zero-order valence-corrected chi connectivity index (χ0v) is 28.9. The number of carbonyl (C=O) groups excluding carboxylic acids is 3. The molecule has 1 aromatic carbocycles. The lowest BCUT2D eigenvalue weighted by molar-refractivity contribution is -0.134. The molecule has 6 heterocycles. The molecule has 49 heavy (non-hydrogen) atoms. The highest BCUT2D eigenvalue weighted by molar-refractivity contribution is 6.34. The summed E-state index contributed by atoms with van der Waals surface area (Å²) in [5.74, 6) is 1.14. The molecule has 4 fully saturated rings. The molecule has 4 N–H and O–H groups in total. The van der Waals surface area contributed by atoms with E-state index in [1.165, 1.54) is 4.57 Å². The normalized spacial score (nSPS) is 24.7. The number of pyridine rings is 1. The SMILES string of the molecule is COc1cc(-c2cn(C)c(=O)c3[nH]ncc23)cc(Cl)c1C(=O)N1CCC(C2CCN(C3CCC(NC4CCC(=O)NC4=O)CN3)CC2)CC1. The average Bonchev–Trinajstić information content (AvgIpc) is 3.61. The Balaban J connectivity index is 0.909. The van der Waals surface area contributed by atoms with Gasteiger partial charge in [0.2, 0.25) is 11.8 Å². The van der Waals surface area contributed by atoms with Gasteiger partial charge in [-0.1, -0.05) is 11.6 Å². The first-order valence-corrected chi connectivity index (χ1v) is 17.8. The van der Waals surface area contributed by atoms with E-state index in [1.807, 2.05) is 11.0 Å². The van der Waals surface area contributed by atoms with Crippen LogP contribution in [0.3, 0.4) is 0 Å². The van der Waals surface area contributed by atoms with Crippen LogP contribution in [-0.4, -0.2) is 100 Å². The van der Waals surface area contributed by atoms with Gasteiger partial charge in [-0.05, 0) is 87.6 Å². The zero-order valence-electron chi connectivity index (χ0n) is 28.1. The lowest BCUT2D eigenvalue weighted by Crippen LogP contribution is -2.60. The Bertz CT molecular complexity index is 1780. The maximum absolute atomic E-state index is 13.8. The van der Waals surface area contributed by atoms with E-state index >= 15 is 0 Å². The number of nitrogens with one attached hydrogen (secondary N) is 4. The molecule has 4 aliphatic rings. The number of halogens is 1. The predicted octanol–water partition coefficient (Wildman–Crippen LogP) is 2.63. The molecule has 7 rings (SSSR count). The number of aromatic nitrogens is 3. The number of likely N-dealkylation sites (tertiary alicyclic amines) is 2. The third kappa shape index (κ3) is 6.86. The summed E-state index contributed by atoms with van der Waals surface area (Å²) in [6.45, 7) is 4.31. The van der Waals surface area contributed by atoms with E-state index < -0.39 is 0 Å². The van der Waals surface area contributed by atoms with Crippen molar-refractivity contribution in [1.29, 1.82) is 0 Å². The van der Waals surface area contributed by atoms with Gasteiger partial charge in [-0.15, -0.1) is 0 Å². The number of imide groups is 1. The Morgan fingerprint density at radius 2 is 1.73 bits per heavy atom. The van der Waals surface area contributed by atoms with Crippen molar-refractivity contribution >= 4 is 40.2 Å². The van der Waals surface area contributed by atoms with Crippen molar-refractivity contribution in [2.75, 3.05) is 39.8 Å². The summed E-state index contributed by atoms with van der Waals surface area (Å²) in [6, 6.07) is 3.51. The van der Waals surface area contributed by atoms with Crippen LogP contribution in [0.25, 0.3) is 22.0 Å². The number of fused-ring (bicyclic) bond motifs is 1. The van der Waals surface area contributed by atoms with Crippen LogP contribution in [0.1, 0.15) is 61.7 Å². The first-order valence-electron chi connectivity index (χ1n) is 17.5. The van der Waals surface area contributed by atoms with Crippen LogP contribution in [-0.2, 0) is 16.6 Å². The van der Waals surface area contributed by atoms with Crippen LogP contribution < -0.4 is 26.2 Å². The van der Waals surface area contributed by atoms with Gasteiger partial charge in [0.05, 0.1) is 30.5 Å². The Hall–Kier alpha value is -3.78. The molecule has 0 aliphatic carbocycles. The molecule has 3 amide bonds. The molecule has 262 valence electrons. The molecule has 0 radical (unpaired) electrons. The van der Waals surface area contributed by atoms with Crippen molar-refractivity contribution in [3.63, 3.8) is 0 Å². The summed E-state index contributed by atoms with van der Waals surface area (Å²) in [5.41, 5.74) is 2.10. The van der Waals surface area contributed by atoms with Crippen LogP contribution in [0.2, 0.25) is 5.02 Å². The number of piperidine rings is 4. The number of hydrogen-bond acceptors (Lipinski definition) is 9. The fourth-order valence-corrected chi connectivity index (χ4v) is 8.65. The van der Waals surface area contributed by atoms with Crippen LogP contribution in [0.4, 0.5) is 0 Å². The van der Waals surface area contributed by atoms with Crippen molar-refractivity contribution in [3.8, 4) is 16.9 Å². The topological polar surface area (TPSA) is 154 Å². The smallest absolute Gasteiger partial charge is 0.276 e. The van der Waals surface area contributed by atoms with E-state index in [4.69, 9.17) is 16.3 Å². The molecule has 2 aromatic heterocycles. The fraction of sp³-hybridized carbons (Fsp3) is 0.571. The van der Waals surface area contributed by atoms with Gasteiger partial charge in [-0.25, -0.2) is 0 Å².